The van der Waals surface area contributed by atoms with Gasteiger partial charge in [-0.2, -0.15) is 0 Å². The molecule has 0 saturated carbocycles. The molecule has 1 heterocycles. The molecule has 1 N–H and O–H groups in total. The van der Waals surface area contributed by atoms with E-state index in [0.717, 1.165) is 16.9 Å². The number of nitrogens with zero attached hydrogens (tertiary/aromatic N) is 1. The molecule has 0 radical (unpaired) electrons. The molecule has 0 fully saturated rings. The average molecular weight is 322 g/mol. The van der Waals surface area contributed by atoms with Gasteiger partial charge in [-0.3, -0.25) is 4.79 Å². The Labute approximate surface area is 140 Å². The van der Waals surface area contributed by atoms with Crippen molar-refractivity contribution < 1.29 is 14.1 Å². The number of carbonyl (C=O) groups excluding carboxylic acids is 1. The third-order valence-corrected chi connectivity index (χ3v) is 3.64. The zero-order chi connectivity index (χ0) is 16.9. The summed E-state index contributed by atoms with van der Waals surface area (Å²) in [5.41, 5.74) is 3.25. The van der Waals surface area contributed by atoms with Crippen LogP contribution >= 0.6 is 0 Å². The highest BCUT2D eigenvalue weighted by Gasteiger charge is 2.09. The number of aryl methyl sites for hydroxylation is 1. The number of hydrogen-bond donors (Lipinski definition) is 1. The molecule has 24 heavy (non-hydrogen) atoms. The van der Waals surface area contributed by atoms with Gasteiger partial charge < -0.3 is 14.6 Å². The monoisotopic (exact) mass is 322 g/mol. The fraction of sp³-hybridized carbons (Fsp3) is 0.158. The van der Waals surface area contributed by atoms with Gasteiger partial charge in [-0.15, -0.1) is 0 Å². The highest BCUT2D eigenvalue weighted by Crippen LogP contribution is 2.23. The van der Waals surface area contributed by atoms with Crippen LogP contribution in [-0.2, 0) is 6.54 Å². The molecule has 0 aliphatic heterocycles. The Bertz CT molecular complexity index is 838. The van der Waals surface area contributed by atoms with Crippen LogP contribution in [0.4, 0.5) is 0 Å². The zero-order valence-electron chi connectivity index (χ0n) is 13.6. The fourth-order valence-electron chi connectivity index (χ4n) is 2.35. The summed E-state index contributed by atoms with van der Waals surface area (Å²) >= 11 is 0. The van der Waals surface area contributed by atoms with E-state index in [1.165, 1.54) is 0 Å². The molecular weight excluding hydrogens is 304 g/mol. The fourth-order valence-corrected chi connectivity index (χ4v) is 2.35. The predicted octanol–water partition coefficient (Wildman–Crippen LogP) is 3.59. The van der Waals surface area contributed by atoms with E-state index in [1.54, 1.807) is 13.2 Å². The van der Waals surface area contributed by atoms with E-state index in [4.69, 9.17) is 9.26 Å². The summed E-state index contributed by atoms with van der Waals surface area (Å²) in [6.07, 6.45) is 0. The SMILES string of the molecule is COc1ccc(-c2cc(CNC(=O)c3cccc(C)c3)no2)cc1. The first-order chi connectivity index (χ1) is 11.7. The molecule has 0 aliphatic rings. The molecule has 3 rings (SSSR count). The lowest BCUT2D eigenvalue weighted by Gasteiger charge is -2.03. The van der Waals surface area contributed by atoms with Crippen molar-refractivity contribution in [3.8, 4) is 17.1 Å². The largest absolute Gasteiger partial charge is 0.497 e. The van der Waals surface area contributed by atoms with E-state index in [-0.39, 0.29) is 5.91 Å². The van der Waals surface area contributed by atoms with Gasteiger partial charge in [0.1, 0.15) is 11.4 Å². The van der Waals surface area contributed by atoms with Crippen molar-refractivity contribution in [2.24, 2.45) is 0 Å². The number of methoxy groups -OCH3 is 1. The van der Waals surface area contributed by atoms with Crippen molar-refractivity contribution in [3.63, 3.8) is 0 Å². The van der Waals surface area contributed by atoms with Crippen LogP contribution in [0.5, 0.6) is 5.75 Å². The molecule has 0 unspecified atom stereocenters. The Morgan fingerprint density at radius 1 is 1.17 bits per heavy atom. The molecule has 122 valence electrons. The van der Waals surface area contributed by atoms with Crippen molar-refractivity contribution in [1.29, 1.82) is 0 Å². The molecular formula is C19H18N2O3. The number of carbonyl (C=O) groups is 1. The van der Waals surface area contributed by atoms with Crippen LogP contribution in [0, 0.1) is 6.92 Å². The van der Waals surface area contributed by atoms with Crippen LogP contribution in [0.2, 0.25) is 0 Å². The normalized spacial score (nSPS) is 10.4. The van der Waals surface area contributed by atoms with E-state index in [9.17, 15) is 4.79 Å². The number of ether oxygens (including phenoxy) is 1. The molecule has 0 bridgehead atoms. The van der Waals surface area contributed by atoms with Gasteiger partial charge in [-0.25, -0.2) is 0 Å². The molecule has 5 heteroatoms. The van der Waals surface area contributed by atoms with Crippen molar-refractivity contribution >= 4 is 5.91 Å². The number of amides is 1. The molecule has 0 aliphatic carbocycles. The lowest BCUT2D eigenvalue weighted by molar-refractivity contribution is 0.0950. The molecule has 0 spiro atoms. The van der Waals surface area contributed by atoms with Gasteiger partial charge in [-0.1, -0.05) is 22.9 Å². The second kappa shape index (κ2) is 7.00. The summed E-state index contributed by atoms with van der Waals surface area (Å²) in [5.74, 6) is 1.30. The number of aromatic nitrogens is 1. The zero-order valence-corrected chi connectivity index (χ0v) is 13.6. The predicted molar refractivity (Wildman–Crippen MR) is 90.8 cm³/mol. The second-order valence-electron chi connectivity index (χ2n) is 5.46. The number of rotatable bonds is 5. The minimum Gasteiger partial charge on any atom is -0.497 e. The van der Waals surface area contributed by atoms with Gasteiger partial charge in [0.2, 0.25) is 0 Å². The van der Waals surface area contributed by atoms with Crippen LogP contribution in [-0.4, -0.2) is 18.2 Å². The van der Waals surface area contributed by atoms with Crippen molar-refractivity contribution in [3.05, 3.63) is 71.4 Å². The van der Waals surface area contributed by atoms with Gasteiger partial charge in [0, 0.05) is 17.2 Å². The van der Waals surface area contributed by atoms with Gasteiger partial charge in [-0.05, 0) is 43.3 Å². The van der Waals surface area contributed by atoms with E-state index < -0.39 is 0 Å². The van der Waals surface area contributed by atoms with Crippen LogP contribution in [0.1, 0.15) is 21.6 Å². The summed E-state index contributed by atoms with van der Waals surface area (Å²) in [7, 11) is 1.62. The Morgan fingerprint density at radius 3 is 2.67 bits per heavy atom. The van der Waals surface area contributed by atoms with Crippen molar-refractivity contribution in [2.75, 3.05) is 7.11 Å². The van der Waals surface area contributed by atoms with Gasteiger partial charge in [0.25, 0.3) is 5.91 Å². The van der Waals surface area contributed by atoms with E-state index >= 15 is 0 Å². The first-order valence-corrected chi connectivity index (χ1v) is 7.60. The Morgan fingerprint density at radius 2 is 1.96 bits per heavy atom. The van der Waals surface area contributed by atoms with E-state index in [1.807, 2.05) is 55.5 Å². The van der Waals surface area contributed by atoms with Crippen molar-refractivity contribution in [2.45, 2.75) is 13.5 Å². The van der Waals surface area contributed by atoms with Crippen LogP contribution in [0.25, 0.3) is 11.3 Å². The van der Waals surface area contributed by atoms with Crippen molar-refractivity contribution in [1.82, 2.24) is 10.5 Å². The van der Waals surface area contributed by atoms with Gasteiger partial charge in [0.15, 0.2) is 5.76 Å². The maximum Gasteiger partial charge on any atom is 0.251 e. The summed E-state index contributed by atoms with van der Waals surface area (Å²) in [6, 6.07) is 16.8. The average Bonchev–Trinajstić information content (AvgIpc) is 3.09. The standard InChI is InChI=1S/C19H18N2O3/c1-13-4-3-5-15(10-13)19(22)20-12-16-11-18(24-21-16)14-6-8-17(23-2)9-7-14/h3-11H,12H2,1-2H3,(H,20,22). The van der Waals surface area contributed by atoms with Crippen LogP contribution in [0.3, 0.4) is 0 Å². The molecule has 2 aromatic carbocycles. The van der Waals surface area contributed by atoms with Crippen LogP contribution < -0.4 is 10.1 Å². The highest BCUT2D eigenvalue weighted by molar-refractivity contribution is 5.94. The number of hydrogen-bond acceptors (Lipinski definition) is 4. The summed E-state index contributed by atoms with van der Waals surface area (Å²) < 4.78 is 10.5. The minimum atomic E-state index is -0.132. The molecule has 5 nitrogen and oxygen atoms in total. The third-order valence-electron chi connectivity index (χ3n) is 3.64. The molecule has 1 amide bonds. The summed E-state index contributed by atoms with van der Waals surface area (Å²) in [4.78, 5) is 12.1. The van der Waals surface area contributed by atoms with E-state index in [2.05, 4.69) is 10.5 Å². The molecule has 0 atom stereocenters. The maximum absolute atomic E-state index is 12.1. The highest BCUT2D eigenvalue weighted by atomic mass is 16.5. The minimum absolute atomic E-state index is 0.132. The first kappa shape index (κ1) is 15.8. The number of benzene rings is 2. The quantitative estimate of drug-likeness (QED) is 0.779. The van der Waals surface area contributed by atoms with Gasteiger partial charge >= 0.3 is 0 Å². The smallest absolute Gasteiger partial charge is 0.251 e. The Balaban J connectivity index is 1.64. The summed E-state index contributed by atoms with van der Waals surface area (Å²) in [5, 5.41) is 6.84. The lowest BCUT2D eigenvalue weighted by atomic mass is 10.1. The lowest BCUT2D eigenvalue weighted by Crippen LogP contribution is -2.22. The second-order valence-corrected chi connectivity index (χ2v) is 5.46. The van der Waals surface area contributed by atoms with E-state index in [0.29, 0.717) is 23.6 Å². The molecule has 1 aromatic heterocycles. The molecule has 0 saturated heterocycles. The maximum atomic E-state index is 12.1. The number of nitrogens with one attached hydrogen (secondary N) is 1. The Kier molecular flexibility index (Phi) is 4.61. The Hall–Kier alpha value is -3.08. The topological polar surface area (TPSA) is 64.4 Å². The third kappa shape index (κ3) is 3.63. The van der Waals surface area contributed by atoms with Crippen LogP contribution in [0.15, 0.2) is 59.1 Å². The molecule has 3 aromatic rings. The first-order valence-electron chi connectivity index (χ1n) is 7.60. The summed E-state index contributed by atoms with van der Waals surface area (Å²) in [6.45, 7) is 2.27. The van der Waals surface area contributed by atoms with Gasteiger partial charge in [0.05, 0.1) is 13.7 Å².